The Morgan fingerprint density at radius 1 is 1.00 bits per heavy atom. The fraction of sp³-hybridized carbons (Fsp3) is 0. The fourth-order valence-corrected chi connectivity index (χ4v) is 1.22. The van der Waals surface area contributed by atoms with Crippen molar-refractivity contribution in [3.63, 3.8) is 0 Å². The molecule has 100 valence electrons. The van der Waals surface area contributed by atoms with Crippen LogP contribution in [0.25, 0.3) is 11.3 Å². The summed E-state index contributed by atoms with van der Waals surface area (Å²) in [5.74, 6) is -1.18. The molecule has 1 heterocycles. The van der Waals surface area contributed by atoms with Crippen LogP contribution in [0.5, 0.6) is 0 Å². The molecule has 0 saturated carbocycles. The quantitative estimate of drug-likeness (QED) is 0.544. The molecule has 0 radical (unpaired) electrons. The Bertz CT molecular complexity index is 494. The van der Waals surface area contributed by atoms with Gasteiger partial charge in [-0.25, -0.2) is 8.78 Å². The van der Waals surface area contributed by atoms with Crippen LogP contribution in [0.2, 0.25) is 0 Å². The molecule has 1 aromatic carbocycles. The van der Waals surface area contributed by atoms with Gasteiger partial charge in [-0.3, -0.25) is 4.98 Å². The molecule has 0 amide bonds. The van der Waals surface area contributed by atoms with Gasteiger partial charge in [0.05, 0.1) is 5.69 Å². The van der Waals surface area contributed by atoms with E-state index in [0.717, 1.165) is 6.07 Å². The van der Waals surface area contributed by atoms with Gasteiger partial charge in [-0.05, 0) is 24.3 Å². The second-order valence-electron chi connectivity index (χ2n) is 2.98. The number of halogens is 5. The van der Waals surface area contributed by atoms with Crippen LogP contribution in [0, 0.1) is 11.6 Å². The molecule has 18 heavy (non-hydrogen) atoms. The number of aromatic nitrogens is 1. The molecule has 0 aliphatic rings. The van der Waals surface area contributed by atoms with E-state index in [1.165, 1.54) is 12.1 Å². The third kappa shape index (κ3) is 5.59. The van der Waals surface area contributed by atoms with Crippen molar-refractivity contribution in [1.82, 2.24) is 4.98 Å². The molecule has 7 heteroatoms. The summed E-state index contributed by atoms with van der Waals surface area (Å²) in [7, 11) is 14.9. The Kier molecular flexibility index (Phi) is 7.05. The summed E-state index contributed by atoms with van der Waals surface area (Å²) in [5.41, 5.74) is 0.817. The van der Waals surface area contributed by atoms with Crippen molar-refractivity contribution in [2.75, 3.05) is 0 Å². The van der Waals surface area contributed by atoms with Gasteiger partial charge < -0.3 is 0 Å². The van der Waals surface area contributed by atoms with Gasteiger partial charge in [-0.2, -0.15) is 0 Å². The summed E-state index contributed by atoms with van der Waals surface area (Å²) >= 11 is -1.92. The van der Waals surface area contributed by atoms with Crippen LogP contribution in [-0.2, 0) is 13.5 Å². The van der Waals surface area contributed by atoms with Crippen molar-refractivity contribution in [2.24, 2.45) is 0 Å². The van der Waals surface area contributed by atoms with E-state index >= 15 is 0 Å². The van der Waals surface area contributed by atoms with Crippen LogP contribution in [0.3, 0.4) is 0 Å². The van der Waals surface area contributed by atoms with Crippen LogP contribution in [0.15, 0.2) is 42.6 Å². The van der Waals surface area contributed by atoms with E-state index in [0.29, 0.717) is 11.3 Å². The van der Waals surface area contributed by atoms with Crippen molar-refractivity contribution >= 4 is 28.8 Å². The van der Waals surface area contributed by atoms with Gasteiger partial charge in [-0.1, -0.05) is 6.07 Å². The van der Waals surface area contributed by atoms with Crippen molar-refractivity contribution < 1.29 is 22.2 Å². The summed E-state index contributed by atoms with van der Waals surface area (Å²) in [6.45, 7) is 0. The zero-order chi connectivity index (χ0) is 13.5. The van der Waals surface area contributed by atoms with E-state index in [-0.39, 0.29) is 0 Å². The average Bonchev–Trinajstić information content (AvgIpc) is 2.29. The van der Waals surface area contributed by atoms with Crippen molar-refractivity contribution in [3.8, 4) is 11.3 Å². The van der Waals surface area contributed by atoms with Crippen LogP contribution in [0.4, 0.5) is 8.78 Å². The van der Waals surface area contributed by atoms with Crippen LogP contribution in [-0.4, -0.2) is 4.98 Å². The molecule has 0 spiro atoms. The van der Waals surface area contributed by atoms with Crippen LogP contribution >= 0.6 is 28.8 Å². The number of benzene rings is 1. The van der Waals surface area contributed by atoms with Gasteiger partial charge in [0, 0.05) is 17.8 Å². The van der Waals surface area contributed by atoms with Gasteiger partial charge in [0.1, 0.15) is 11.6 Å². The molecule has 0 aliphatic carbocycles. The Labute approximate surface area is 121 Å². The molecule has 0 fully saturated rings. The van der Waals surface area contributed by atoms with E-state index in [9.17, 15) is 8.78 Å². The molecule has 2 aromatic rings. The molecular weight excluding hydrogens is 483 g/mol. The Morgan fingerprint density at radius 3 is 2.17 bits per heavy atom. The number of hydrogen-bond donors (Lipinski definition) is 0. The van der Waals surface area contributed by atoms with E-state index in [1.807, 2.05) is 0 Å². The first-order valence-corrected chi connectivity index (χ1v) is 13.4. The summed E-state index contributed by atoms with van der Waals surface area (Å²) in [5, 5.41) is 0. The van der Waals surface area contributed by atoms with E-state index < -0.39 is 25.1 Å². The summed E-state index contributed by atoms with van der Waals surface area (Å²) in [4.78, 5) is 3.98. The maximum atomic E-state index is 13.3. The first-order valence-electron chi connectivity index (χ1n) is 4.51. The topological polar surface area (TPSA) is 12.9 Å². The van der Waals surface area contributed by atoms with E-state index in [2.05, 4.69) is 4.98 Å². The number of rotatable bonds is 1. The third-order valence-electron chi connectivity index (χ3n) is 1.87. The molecule has 1 aromatic heterocycles. The predicted molar refractivity (Wildman–Crippen MR) is 67.1 cm³/mol. The maximum absolute atomic E-state index is 13.3. The second-order valence-corrected chi connectivity index (χ2v) is 13.4. The molecular formula is C11H7Cl3F2IrN. The molecule has 0 atom stereocenters. The standard InChI is InChI=1S/C11H7F2N.3ClH.Ir/c12-8-4-5-9(10(13)7-8)11-3-1-2-6-14-11;;;;/h1-7H;3*1H;/q;;;;+3/p-3. The molecule has 0 saturated heterocycles. The molecule has 0 bridgehead atoms. The zero-order valence-electron chi connectivity index (χ0n) is 8.71. The van der Waals surface area contributed by atoms with Crippen LogP contribution in [0.1, 0.15) is 0 Å². The fourth-order valence-electron chi connectivity index (χ4n) is 1.22. The van der Waals surface area contributed by atoms with Crippen molar-refractivity contribution in [3.05, 3.63) is 54.2 Å². The van der Waals surface area contributed by atoms with Gasteiger partial charge in [0.15, 0.2) is 0 Å². The van der Waals surface area contributed by atoms with E-state index in [4.69, 9.17) is 28.8 Å². The predicted octanol–water partition coefficient (Wildman–Crippen LogP) is 5.09. The summed E-state index contributed by atoms with van der Waals surface area (Å²) in [6.07, 6.45) is 1.57. The van der Waals surface area contributed by atoms with Crippen molar-refractivity contribution in [2.45, 2.75) is 0 Å². The molecule has 1 nitrogen and oxygen atoms in total. The molecule has 0 aliphatic heterocycles. The monoisotopic (exact) mass is 489 g/mol. The first kappa shape index (κ1) is 15.8. The summed E-state index contributed by atoms with van der Waals surface area (Å²) in [6, 6.07) is 8.62. The van der Waals surface area contributed by atoms with Gasteiger partial charge in [-0.15, -0.1) is 0 Å². The van der Waals surface area contributed by atoms with Crippen LogP contribution < -0.4 is 0 Å². The second kappa shape index (κ2) is 8.03. The SMILES string of the molecule is Fc1ccc(-c2ccccn2)c(F)c1.[Cl][Ir]([Cl])[Cl]. The Balaban J connectivity index is 0.000000357. The molecule has 2 rings (SSSR count). The molecule has 0 unspecified atom stereocenters. The van der Waals surface area contributed by atoms with Gasteiger partial charge in [0.25, 0.3) is 0 Å². The van der Waals surface area contributed by atoms with Crippen molar-refractivity contribution in [1.29, 1.82) is 0 Å². The Hall–Kier alpha value is -0.251. The minimum atomic E-state index is -1.92. The Morgan fingerprint density at radius 2 is 1.67 bits per heavy atom. The van der Waals surface area contributed by atoms with E-state index in [1.54, 1.807) is 24.4 Å². The first-order chi connectivity index (χ1) is 8.50. The summed E-state index contributed by atoms with van der Waals surface area (Å²) < 4.78 is 25.9. The number of pyridine rings is 1. The minimum absolute atomic E-state index is 0.312. The zero-order valence-corrected chi connectivity index (χ0v) is 13.4. The average molecular weight is 490 g/mol. The normalized spacial score (nSPS) is 10.4. The number of nitrogens with zero attached hydrogens (tertiary/aromatic N) is 1. The molecule has 0 N–H and O–H groups in total. The van der Waals surface area contributed by atoms with Gasteiger partial charge >= 0.3 is 42.2 Å². The van der Waals surface area contributed by atoms with Gasteiger partial charge in [0.2, 0.25) is 0 Å². The number of hydrogen-bond acceptors (Lipinski definition) is 1. The third-order valence-corrected chi connectivity index (χ3v) is 1.87.